The molecule has 3 aliphatic rings. The van der Waals surface area contributed by atoms with Crippen LogP contribution in [0.15, 0.2) is 46.6 Å². The van der Waals surface area contributed by atoms with Gasteiger partial charge in [0.25, 0.3) is 0 Å². The van der Waals surface area contributed by atoms with Gasteiger partial charge in [-0.15, -0.1) is 5.10 Å². The van der Waals surface area contributed by atoms with Gasteiger partial charge in [0.15, 0.2) is 27.7 Å². The number of aromatic nitrogens is 3. The molecule has 3 aliphatic heterocycles. The summed E-state index contributed by atoms with van der Waals surface area (Å²) in [5.41, 5.74) is -1.19. The first-order valence-electron chi connectivity index (χ1n) is 23.0. The average Bonchev–Trinajstić information content (AvgIpc) is 3.74. The van der Waals surface area contributed by atoms with E-state index in [0.29, 0.717) is 36.4 Å². The standard InChI is InChI=1S/C47H70FN5O13S/c1-12-38-47(9,59)43-28(4)39(49-31(7)54)26(2)21-46(8,63-25-35(55)24-62-43)42(29(5)40(56)30(6)44(58)65-38)66-45-41(57)37(19-27(3)64-45)52(10)18-17-33-23-53(51-50-33)34(22-48)20-32-13-15-36(16-14-32)67(11,60)61/h13-16,23,27-30,34,37-38,41-43,45,57,59H,12,17-22,24-25H2,1-11H3,(H,49,54)/b39-26+/t27-,28+,29+,30-,34+,37+,38-,41-,42-,43-,45+,46-,47-/m1/s1. The minimum atomic E-state index is -3.38. The van der Waals surface area contributed by atoms with E-state index in [0.717, 1.165) is 11.8 Å². The molecule has 1 aromatic carbocycles. The number of ketones is 2. The number of nitrogens with one attached hydrogen (secondary N) is 1. The van der Waals surface area contributed by atoms with Gasteiger partial charge in [-0.1, -0.05) is 43.7 Å². The van der Waals surface area contributed by atoms with Gasteiger partial charge in [-0.3, -0.25) is 19.2 Å². The first-order valence-corrected chi connectivity index (χ1v) is 24.9. The van der Waals surface area contributed by atoms with Crippen LogP contribution in [0, 0.1) is 17.8 Å². The number of sulfone groups is 1. The molecule has 0 unspecified atom stereocenters. The molecule has 1 fully saturated rings. The maximum Gasteiger partial charge on any atom is 0.316 e. The highest BCUT2D eigenvalue weighted by Crippen LogP contribution is 2.40. The van der Waals surface area contributed by atoms with Crippen molar-refractivity contribution in [1.29, 1.82) is 0 Å². The molecule has 3 N–H and O–H groups in total. The molecule has 1 aromatic heterocycles. The Balaban J connectivity index is 1.44. The SMILES string of the molecule is CC[C@H]1OC(=O)[C@H](C)C(=O)[C@H](C)[C@@H](O[C@@H]2O[C@H](C)C[C@H](N(C)CCc3cn([C@H](CF)Cc4ccc(S(C)(=O)=O)cc4)nn3)[C@H]2O)[C@@]2(C)C/C(C)=C(/NC(C)=O)[C@H](C)[C@@H](OCC(=O)CO2)[C@]1(C)O. The van der Waals surface area contributed by atoms with Crippen molar-refractivity contribution in [3.8, 4) is 0 Å². The summed E-state index contributed by atoms with van der Waals surface area (Å²) in [4.78, 5) is 56.8. The zero-order valence-electron chi connectivity index (χ0n) is 40.6. The van der Waals surface area contributed by atoms with Crippen molar-refractivity contribution in [3.05, 3.63) is 53.0 Å². The van der Waals surface area contributed by atoms with Crippen molar-refractivity contribution in [2.75, 3.05) is 39.7 Å². The van der Waals surface area contributed by atoms with Crippen LogP contribution in [0.5, 0.6) is 0 Å². The molecule has 0 spiro atoms. The maximum absolute atomic E-state index is 14.5. The number of hydrogen-bond acceptors (Lipinski definition) is 16. The van der Waals surface area contributed by atoms with Gasteiger partial charge in [0.05, 0.1) is 40.5 Å². The second kappa shape index (κ2) is 22.2. The van der Waals surface area contributed by atoms with E-state index in [1.807, 2.05) is 18.9 Å². The molecule has 1 saturated heterocycles. The molecule has 0 aliphatic carbocycles. The highest BCUT2D eigenvalue weighted by Gasteiger charge is 2.52. The van der Waals surface area contributed by atoms with E-state index in [1.54, 1.807) is 52.9 Å². The number of aliphatic hydroxyl groups excluding tert-OH is 1. The number of carbonyl (C=O) groups excluding carboxylic acids is 4. The van der Waals surface area contributed by atoms with Gasteiger partial charge in [-0.05, 0) is 78.6 Å². The van der Waals surface area contributed by atoms with Gasteiger partial charge in [0.2, 0.25) is 5.91 Å². The van der Waals surface area contributed by atoms with Gasteiger partial charge >= 0.3 is 5.97 Å². The maximum atomic E-state index is 14.5. The van der Waals surface area contributed by atoms with Crippen LogP contribution in [-0.2, 0) is 65.5 Å². The van der Waals surface area contributed by atoms with Crippen LogP contribution in [0.25, 0.3) is 0 Å². The number of rotatable bonds is 13. The Morgan fingerprint density at radius 3 is 2.39 bits per heavy atom. The van der Waals surface area contributed by atoms with Crippen LogP contribution in [-0.4, -0.2) is 156 Å². The quantitative estimate of drug-likeness (QED) is 0.193. The monoisotopic (exact) mass is 963 g/mol. The summed E-state index contributed by atoms with van der Waals surface area (Å²) in [5.74, 6) is -5.62. The van der Waals surface area contributed by atoms with Crippen molar-refractivity contribution in [2.45, 2.75) is 159 Å². The smallest absolute Gasteiger partial charge is 0.316 e. The average molecular weight is 964 g/mol. The second-order valence-corrected chi connectivity index (χ2v) is 21.2. The summed E-state index contributed by atoms with van der Waals surface area (Å²) in [7, 11) is -1.55. The van der Waals surface area contributed by atoms with Crippen LogP contribution in [0.3, 0.4) is 0 Å². The van der Waals surface area contributed by atoms with Gasteiger partial charge in [0, 0.05) is 62.3 Å². The lowest BCUT2D eigenvalue weighted by atomic mass is 9.77. The number of amides is 1. The number of likely N-dealkylation sites (N-methyl/N-ethyl adjacent to an activating group) is 1. The minimum absolute atomic E-state index is 0.0193. The molecule has 20 heteroatoms. The number of nitrogens with zero attached hydrogens (tertiary/aromatic N) is 4. The number of Topliss-reactive ketones (excluding diaryl/α,β-unsaturated/α-hetero) is 2. The van der Waals surface area contributed by atoms with Crippen molar-refractivity contribution in [2.24, 2.45) is 17.8 Å². The Bertz CT molecular complexity index is 2220. The molecule has 374 valence electrons. The molecular weight excluding hydrogens is 894 g/mol. The van der Waals surface area contributed by atoms with Crippen molar-refractivity contribution in [3.63, 3.8) is 0 Å². The minimum Gasteiger partial charge on any atom is -0.459 e. The van der Waals surface area contributed by atoms with Crippen LogP contribution in [0.1, 0.15) is 98.9 Å². The van der Waals surface area contributed by atoms with Crippen molar-refractivity contribution < 1.29 is 65.9 Å². The van der Waals surface area contributed by atoms with Crippen LogP contribution in [0.2, 0.25) is 0 Å². The molecule has 2 aromatic rings. The first-order chi connectivity index (χ1) is 31.3. The normalized spacial score (nSPS) is 34.5. The van der Waals surface area contributed by atoms with Gasteiger partial charge in [-0.25, -0.2) is 17.5 Å². The fourth-order valence-electron chi connectivity index (χ4n) is 9.74. The number of aliphatic hydroxyl groups is 2. The molecule has 4 heterocycles. The number of esters is 1. The number of cyclic esters (lactones) is 1. The number of alkyl halides is 1. The van der Waals surface area contributed by atoms with Crippen LogP contribution in [0.4, 0.5) is 4.39 Å². The largest absolute Gasteiger partial charge is 0.459 e. The highest BCUT2D eigenvalue weighted by atomic mass is 32.2. The van der Waals surface area contributed by atoms with E-state index in [1.165, 1.54) is 37.6 Å². The molecule has 5 rings (SSSR count). The predicted molar refractivity (Wildman–Crippen MR) is 242 cm³/mol. The molecule has 13 atom stereocenters. The molecule has 18 nitrogen and oxygen atoms in total. The van der Waals surface area contributed by atoms with Gasteiger partial charge < -0.3 is 44.1 Å². The molecule has 67 heavy (non-hydrogen) atoms. The van der Waals surface area contributed by atoms with Gasteiger partial charge in [0.1, 0.15) is 43.6 Å². The predicted octanol–water partition coefficient (Wildman–Crippen LogP) is 3.27. The highest BCUT2D eigenvalue weighted by molar-refractivity contribution is 7.90. The number of carbonyl (C=O) groups is 4. The first kappa shape index (κ1) is 53.9. The zero-order valence-corrected chi connectivity index (χ0v) is 41.4. The third kappa shape index (κ3) is 12.8. The third-order valence-corrected chi connectivity index (χ3v) is 14.7. The van der Waals surface area contributed by atoms with E-state index < -0.39 is 131 Å². The summed E-state index contributed by atoms with van der Waals surface area (Å²) in [6.07, 6.45) is -2.81. The Morgan fingerprint density at radius 2 is 1.78 bits per heavy atom. The van der Waals surface area contributed by atoms with E-state index in [9.17, 15) is 42.2 Å². The second-order valence-electron chi connectivity index (χ2n) is 19.2. The number of ether oxygens (including phenoxy) is 5. The van der Waals surface area contributed by atoms with E-state index in [-0.39, 0.29) is 24.2 Å². The molecule has 0 saturated carbocycles. The van der Waals surface area contributed by atoms with Crippen molar-refractivity contribution in [1.82, 2.24) is 25.2 Å². The Morgan fingerprint density at radius 1 is 1.10 bits per heavy atom. The molecule has 2 bridgehead atoms. The fraction of sp³-hybridized carbons (Fsp3) is 0.702. The number of halogens is 1. The van der Waals surface area contributed by atoms with Crippen LogP contribution < -0.4 is 5.32 Å². The Labute approximate surface area is 393 Å². The Hall–Kier alpha value is -4.02. The lowest BCUT2D eigenvalue weighted by Gasteiger charge is -2.47. The molecule has 0 radical (unpaired) electrons. The number of benzene rings is 1. The molecular formula is C47H70FN5O13S. The van der Waals surface area contributed by atoms with E-state index in [4.69, 9.17) is 23.7 Å². The summed E-state index contributed by atoms with van der Waals surface area (Å²) < 4.78 is 71.2. The summed E-state index contributed by atoms with van der Waals surface area (Å²) in [6.45, 7) is 13.1. The van der Waals surface area contributed by atoms with Crippen LogP contribution >= 0.6 is 0 Å². The Kier molecular flexibility index (Phi) is 17.8. The lowest BCUT2D eigenvalue weighted by molar-refractivity contribution is -0.296. The zero-order chi connectivity index (χ0) is 49.8. The third-order valence-electron chi connectivity index (χ3n) is 13.5. The number of fused-ring (bicyclic) bond motifs is 4. The summed E-state index contributed by atoms with van der Waals surface area (Å²) >= 11 is 0. The molecule has 1 amide bonds. The summed E-state index contributed by atoms with van der Waals surface area (Å²) in [6, 6.07) is 5.06. The lowest BCUT2D eigenvalue weighted by Crippen LogP contribution is -2.60. The topological polar surface area (TPSA) is 235 Å². The van der Waals surface area contributed by atoms with E-state index >= 15 is 0 Å². The summed E-state index contributed by atoms with van der Waals surface area (Å²) in [5, 5.41) is 35.6. The van der Waals surface area contributed by atoms with Crippen molar-refractivity contribution >= 4 is 33.3 Å². The van der Waals surface area contributed by atoms with E-state index in [2.05, 4.69) is 15.6 Å². The number of hydrogen-bond donors (Lipinski definition) is 3. The fourth-order valence-corrected chi connectivity index (χ4v) is 10.4. The van der Waals surface area contributed by atoms with Gasteiger partial charge in [-0.2, -0.15) is 0 Å².